The molecule has 1 aliphatic heterocycles. The minimum atomic E-state index is -0.963. The lowest BCUT2D eigenvalue weighted by atomic mass is 10.1. The number of aromatic nitrogens is 1. The van der Waals surface area contributed by atoms with Crippen LogP contribution in [0.3, 0.4) is 0 Å². The Morgan fingerprint density at radius 1 is 1.00 bits per heavy atom. The molecule has 0 aliphatic carbocycles. The van der Waals surface area contributed by atoms with Gasteiger partial charge in [0.1, 0.15) is 18.4 Å². The van der Waals surface area contributed by atoms with Gasteiger partial charge in [0.25, 0.3) is 11.8 Å². The number of anilines is 1. The zero-order valence-corrected chi connectivity index (χ0v) is 16.2. The van der Waals surface area contributed by atoms with Gasteiger partial charge in [-0.1, -0.05) is 24.3 Å². The average Bonchev–Trinajstić information content (AvgIpc) is 3.03. The van der Waals surface area contributed by atoms with Gasteiger partial charge in [-0.2, -0.15) is 0 Å². The maximum Gasteiger partial charge on any atom is 0.262 e. The van der Waals surface area contributed by atoms with Gasteiger partial charge < -0.3 is 10.1 Å². The van der Waals surface area contributed by atoms with E-state index >= 15 is 0 Å². The molecule has 3 amide bonds. The molecule has 2 heterocycles. The van der Waals surface area contributed by atoms with Crippen LogP contribution in [-0.4, -0.2) is 33.6 Å². The van der Waals surface area contributed by atoms with Crippen molar-refractivity contribution in [3.8, 4) is 5.75 Å². The minimum Gasteiger partial charge on any atom is -0.487 e. The Morgan fingerprint density at radius 2 is 1.70 bits per heavy atom. The van der Waals surface area contributed by atoms with E-state index in [9.17, 15) is 14.4 Å². The standard InChI is InChI=1S/C23H19N3O4/c1-15(26-22(28)19-10-2-3-11-20(19)23(26)29)21(27)25-16-8-6-9-18(13-16)30-14-17-7-4-5-12-24-17/h2-13,15H,14H2,1H3,(H,25,27)/t15-/m1/s1. The Labute approximate surface area is 173 Å². The van der Waals surface area contributed by atoms with Gasteiger partial charge in [-0.15, -0.1) is 0 Å². The van der Waals surface area contributed by atoms with E-state index in [4.69, 9.17) is 4.74 Å². The van der Waals surface area contributed by atoms with Gasteiger partial charge in [-0.05, 0) is 43.3 Å². The first-order chi connectivity index (χ1) is 14.5. The van der Waals surface area contributed by atoms with Crippen molar-refractivity contribution in [3.63, 3.8) is 0 Å². The number of amides is 3. The van der Waals surface area contributed by atoms with E-state index in [2.05, 4.69) is 10.3 Å². The zero-order chi connectivity index (χ0) is 21.1. The number of imide groups is 1. The molecule has 0 radical (unpaired) electrons. The number of hydrogen-bond acceptors (Lipinski definition) is 5. The fourth-order valence-corrected chi connectivity index (χ4v) is 3.23. The van der Waals surface area contributed by atoms with Crippen molar-refractivity contribution in [2.75, 3.05) is 5.32 Å². The third kappa shape index (κ3) is 3.77. The first-order valence-corrected chi connectivity index (χ1v) is 9.45. The van der Waals surface area contributed by atoms with Gasteiger partial charge in [-0.3, -0.25) is 24.3 Å². The normalized spacial score (nSPS) is 13.7. The largest absolute Gasteiger partial charge is 0.487 e. The second kappa shape index (κ2) is 8.16. The number of rotatable bonds is 6. The number of nitrogens with one attached hydrogen (secondary N) is 1. The van der Waals surface area contributed by atoms with Crippen molar-refractivity contribution < 1.29 is 19.1 Å². The maximum atomic E-state index is 12.7. The SMILES string of the molecule is C[C@H](C(=O)Nc1cccc(OCc2ccccn2)c1)N1C(=O)c2ccccc2C1=O. The highest BCUT2D eigenvalue weighted by atomic mass is 16.5. The number of pyridine rings is 1. The van der Waals surface area contributed by atoms with Crippen molar-refractivity contribution in [2.45, 2.75) is 19.6 Å². The summed E-state index contributed by atoms with van der Waals surface area (Å²) in [4.78, 5) is 43.1. The molecule has 30 heavy (non-hydrogen) atoms. The molecule has 0 spiro atoms. The van der Waals surface area contributed by atoms with E-state index < -0.39 is 23.8 Å². The predicted molar refractivity (Wildman–Crippen MR) is 110 cm³/mol. The summed E-state index contributed by atoms with van der Waals surface area (Å²) < 4.78 is 5.72. The minimum absolute atomic E-state index is 0.295. The molecular formula is C23H19N3O4. The van der Waals surface area contributed by atoms with Gasteiger partial charge in [0.15, 0.2) is 0 Å². The van der Waals surface area contributed by atoms with Crippen molar-refractivity contribution >= 4 is 23.4 Å². The summed E-state index contributed by atoms with van der Waals surface area (Å²) in [5, 5.41) is 2.74. The van der Waals surface area contributed by atoms with Crippen LogP contribution < -0.4 is 10.1 Å². The Bertz CT molecular complexity index is 1080. The number of hydrogen-bond donors (Lipinski definition) is 1. The number of carbonyl (C=O) groups is 3. The van der Waals surface area contributed by atoms with Crippen LogP contribution in [0.15, 0.2) is 72.9 Å². The summed E-state index contributed by atoms with van der Waals surface area (Å²) in [5.74, 6) is -0.838. The fraction of sp³-hybridized carbons (Fsp3) is 0.130. The molecule has 1 N–H and O–H groups in total. The highest BCUT2D eigenvalue weighted by Crippen LogP contribution is 2.25. The number of benzene rings is 2. The van der Waals surface area contributed by atoms with Gasteiger partial charge in [0.05, 0.1) is 16.8 Å². The van der Waals surface area contributed by atoms with Gasteiger partial charge >= 0.3 is 0 Å². The van der Waals surface area contributed by atoms with Crippen LogP contribution in [0, 0.1) is 0 Å². The lowest BCUT2D eigenvalue weighted by Crippen LogP contribution is -2.45. The lowest BCUT2D eigenvalue weighted by molar-refractivity contribution is -0.119. The molecular weight excluding hydrogens is 382 g/mol. The molecule has 1 aromatic heterocycles. The van der Waals surface area contributed by atoms with Crippen LogP contribution >= 0.6 is 0 Å². The summed E-state index contributed by atoms with van der Waals surface area (Å²) in [6.45, 7) is 1.82. The summed E-state index contributed by atoms with van der Waals surface area (Å²) in [5.41, 5.74) is 1.91. The van der Waals surface area contributed by atoms with E-state index in [1.54, 1.807) is 54.7 Å². The quantitative estimate of drug-likeness (QED) is 0.641. The monoisotopic (exact) mass is 401 g/mol. The number of ether oxygens (including phenoxy) is 1. The second-order valence-corrected chi connectivity index (χ2v) is 6.83. The first kappa shape index (κ1) is 19.3. The molecule has 0 fully saturated rings. The van der Waals surface area contributed by atoms with E-state index in [1.165, 1.54) is 6.92 Å². The predicted octanol–water partition coefficient (Wildman–Crippen LogP) is 3.28. The molecule has 7 heteroatoms. The fourth-order valence-electron chi connectivity index (χ4n) is 3.23. The molecule has 3 aromatic rings. The smallest absolute Gasteiger partial charge is 0.262 e. The van der Waals surface area contributed by atoms with Crippen LogP contribution in [0.1, 0.15) is 33.3 Å². The van der Waals surface area contributed by atoms with Crippen molar-refractivity contribution in [1.82, 2.24) is 9.88 Å². The molecule has 4 rings (SSSR count). The summed E-state index contributed by atoms with van der Waals surface area (Å²) >= 11 is 0. The molecule has 0 saturated carbocycles. The molecule has 0 saturated heterocycles. The molecule has 1 aliphatic rings. The zero-order valence-electron chi connectivity index (χ0n) is 16.2. The van der Waals surface area contributed by atoms with E-state index in [0.29, 0.717) is 29.2 Å². The third-order valence-corrected chi connectivity index (χ3v) is 4.81. The Hall–Kier alpha value is -4.00. The van der Waals surface area contributed by atoms with Crippen LogP contribution in [0.5, 0.6) is 5.75 Å². The van der Waals surface area contributed by atoms with Gasteiger partial charge in [-0.25, -0.2) is 0 Å². The second-order valence-electron chi connectivity index (χ2n) is 6.83. The molecule has 1 atom stereocenters. The Morgan fingerprint density at radius 3 is 2.37 bits per heavy atom. The molecule has 0 unspecified atom stereocenters. The van der Waals surface area contributed by atoms with Crippen molar-refractivity contribution in [2.24, 2.45) is 0 Å². The molecule has 150 valence electrons. The number of carbonyl (C=O) groups excluding carboxylic acids is 3. The van der Waals surface area contributed by atoms with Crippen LogP contribution in [0.25, 0.3) is 0 Å². The average molecular weight is 401 g/mol. The van der Waals surface area contributed by atoms with Crippen molar-refractivity contribution in [1.29, 1.82) is 0 Å². The molecule has 0 bridgehead atoms. The number of nitrogens with zero attached hydrogens (tertiary/aromatic N) is 2. The van der Waals surface area contributed by atoms with Gasteiger partial charge in [0, 0.05) is 18.0 Å². The Balaban J connectivity index is 1.43. The van der Waals surface area contributed by atoms with Crippen LogP contribution in [-0.2, 0) is 11.4 Å². The highest BCUT2D eigenvalue weighted by Gasteiger charge is 2.40. The van der Waals surface area contributed by atoms with Gasteiger partial charge in [0.2, 0.25) is 5.91 Å². The first-order valence-electron chi connectivity index (χ1n) is 9.45. The molecule has 7 nitrogen and oxygen atoms in total. The summed E-state index contributed by atoms with van der Waals surface area (Å²) in [6.07, 6.45) is 1.69. The van der Waals surface area contributed by atoms with E-state index in [-0.39, 0.29) is 0 Å². The highest BCUT2D eigenvalue weighted by molar-refractivity contribution is 6.23. The Kier molecular flexibility index (Phi) is 5.26. The summed E-state index contributed by atoms with van der Waals surface area (Å²) in [7, 11) is 0. The topological polar surface area (TPSA) is 88.6 Å². The maximum absolute atomic E-state index is 12.7. The summed E-state index contributed by atoms with van der Waals surface area (Å²) in [6, 6.07) is 18.1. The lowest BCUT2D eigenvalue weighted by Gasteiger charge is -2.21. The third-order valence-electron chi connectivity index (χ3n) is 4.81. The van der Waals surface area contributed by atoms with E-state index in [1.807, 2.05) is 18.2 Å². The van der Waals surface area contributed by atoms with E-state index in [0.717, 1.165) is 10.6 Å². The number of fused-ring (bicyclic) bond motifs is 1. The molecule has 2 aromatic carbocycles. The van der Waals surface area contributed by atoms with Crippen LogP contribution in [0.4, 0.5) is 5.69 Å². The van der Waals surface area contributed by atoms with Crippen molar-refractivity contribution in [3.05, 3.63) is 89.7 Å². The van der Waals surface area contributed by atoms with Crippen LogP contribution in [0.2, 0.25) is 0 Å².